The second kappa shape index (κ2) is 6.66. The first kappa shape index (κ1) is 14.0. The number of nitrogens with zero attached hydrogens (tertiary/aromatic N) is 1. The van der Waals surface area contributed by atoms with Gasteiger partial charge in [0.2, 0.25) is 0 Å². The number of carbonyl (C=O) groups excluding carboxylic acids is 1. The van der Waals surface area contributed by atoms with E-state index in [9.17, 15) is 4.79 Å². The van der Waals surface area contributed by atoms with E-state index in [0.717, 1.165) is 11.3 Å². The highest BCUT2D eigenvalue weighted by atomic mass is 16.7. The highest BCUT2D eigenvalue weighted by Crippen LogP contribution is 2.11. The molecule has 0 aliphatic carbocycles. The van der Waals surface area contributed by atoms with Gasteiger partial charge in [0.05, 0.1) is 11.3 Å². The average molecular weight is 267 g/mol. The zero-order chi connectivity index (χ0) is 14.4. The van der Waals surface area contributed by atoms with Crippen LogP contribution in [-0.2, 0) is 4.84 Å². The first-order valence-corrected chi connectivity index (χ1v) is 6.58. The third kappa shape index (κ3) is 3.54. The van der Waals surface area contributed by atoms with E-state index in [1.165, 1.54) is 0 Å². The van der Waals surface area contributed by atoms with Gasteiger partial charge >= 0.3 is 5.97 Å². The molecule has 0 aliphatic rings. The van der Waals surface area contributed by atoms with E-state index in [1.807, 2.05) is 50.2 Å². The van der Waals surface area contributed by atoms with Gasteiger partial charge in [-0.05, 0) is 23.6 Å². The third-order valence-electron chi connectivity index (χ3n) is 2.85. The van der Waals surface area contributed by atoms with Crippen molar-refractivity contribution in [3.05, 3.63) is 71.8 Å². The largest absolute Gasteiger partial charge is 0.365 e. The molecule has 0 heterocycles. The van der Waals surface area contributed by atoms with Crippen molar-refractivity contribution in [1.82, 2.24) is 0 Å². The van der Waals surface area contributed by atoms with Gasteiger partial charge in [0.15, 0.2) is 0 Å². The van der Waals surface area contributed by atoms with Crippen molar-refractivity contribution in [1.29, 1.82) is 0 Å². The van der Waals surface area contributed by atoms with Crippen molar-refractivity contribution in [3.8, 4) is 0 Å². The summed E-state index contributed by atoms with van der Waals surface area (Å²) in [6.07, 6.45) is 0. The summed E-state index contributed by atoms with van der Waals surface area (Å²) < 4.78 is 0. The Morgan fingerprint density at radius 2 is 1.40 bits per heavy atom. The fourth-order valence-corrected chi connectivity index (χ4v) is 1.82. The molecule has 0 aliphatic heterocycles. The molecule has 0 spiro atoms. The van der Waals surface area contributed by atoms with Crippen molar-refractivity contribution < 1.29 is 9.63 Å². The van der Waals surface area contributed by atoms with Crippen LogP contribution in [0.1, 0.15) is 29.8 Å². The summed E-state index contributed by atoms with van der Waals surface area (Å²) >= 11 is 0. The minimum absolute atomic E-state index is 0.168. The molecule has 2 aromatic rings. The van der Waals surface area contributed by atoms with Crippen LogP contribution in [-0.4, -0.2) is 11.7 Å². The lowest BCUT2D eigenvalue weighted by Gasteiger charge is -2.09. The Morgan fingerprint density at radius 3 is 1.90 bits per heavy atom. The molecule has 0 bridgehead atoms. The Morgan fingerprint density at radius 1 is 0.900 bits per heavy atom. The highest BCUT2D eigenvalue weighted by molar-refractivity contribution is 6.02. The molecule has 0 saturated carbocycles. The molecule has 0 saturated heterocycles. The average Bonchev–Trinajstić information content (AvgIpc) is 2.49. The van der Waals surface area contributed by atoms with Crippen LogP contribution in [0, 0.1) is 5.92 Å². The first-order chi connectivity index (χ1) is 9.68. The molecule has 0 fully saturated rings. The van der Waals surface area contributed by atoms with Crippen LogP contribution in [0.25, 0.3) is 0 Å². The van der Waals surface area contributed by atoms with E-state index < -0.39 is 5.97 Å². The second-order valence-electron chi connectivity index (χ2n) is 4.74. The van der Waals surface area contributed by atoms with Crippen LogP contribution >= 0.6 is 0 Å². The van der Waals surface area contributed by atoms with E-state index in [-0.39, 0.29) is 5.92 Å². The normalized spacial score (nSPS) is 11.4. The zero-order valence-electron chi connectivity index (χ0n) is 11.6. The van der Waals surface area contributed by atoms with Crippen LogP contribution in [0.3, 0.4) is 0 Å². The van der Waals surface area contributed by atoms with E-state index in [1.54, 1.807) is 24.3 Å². The quantitative estimate of drug-likeness (QED) is 0.478. The summed E-state index contributed by atoms with van der Waals surface area (Å²) in [4.78, 5) is 16.9. The number of rotatable bonds is 4. The van der Waals surface area contributed by atoms with Crippen molar-refractivity contribution in [2.24, 2.45) is 11.1 Å². The summed E-state index contributed by atoms with van der Waals surface area (Å²) in [6, 6.07) is 18.6. The Labute approximate surface area is 118 Å². The first-order valence-electron chi connectivity index (χ1n) is 6.58. The van der Waals surface area contributed by atoms with Crippen LogP contribution < -0.4 is 0 Å². The number of benzene rings is 2. The van der Waals surface area contributed by atoms with Gasteiger partial charge < -0.3 is 4.84 Å². The van der Waals surface area contributed by atoms with Gasteiger partial charge in [-0.2, -0.15) is 0 Å². The van der Waals surface area contributed by atoms with Gasteiger partial charge in [-0.25, -0.2) is 4.79 Å². The monoisotopic (exact) mass is 267 g/mol. The SMILES string of the molecule is CC(C)/C(=N/OC(=O)c1ccccc1)c1ccccc1. The molecule has 0 atom stereocenters. The number of carbonyl (C=O) groups is 1. The smallest absolute Gasteiger partial charge is 0.313 e. The molecule has 0 radical (unpaired) electrons. The van der Waals surface area contributed by atoms with E-state index in [0.29, 0.717) is 5.56 Å². The predicted octanol–water partition coefficient (Wildman–Crippen LogP) is 3.90. The summed E-state index contributed by atoms with van der Waals surface area (Å²) in [5.41, 5.74) is 2.21. The summed E-state index contributed by atoms with van der Waals surface area (Å²) in [7, 11) is 0. The number of oxime groups is 1. The van der Waals surface area contributed by atoms with Gasteiger partial charge in [-0.15, -0.1) is 0 Å². The van der Waals surface area contributed by atoms with E-state index in [2.05, 4.69) is 5.16 Å². The van der Waals surface area contributed by atoms with Crippen LogP contribution in [0.2, 0.25) is 0 Å². The van der Waals surface area contributed by atoms with Gasteiger partial charge in [0.25, 0.3) is 0 Å². The van der Waals surface area contributed by atoms with Gasteiger partial charge in [0.1, 0.15) is 0 Å². The molecule has 3 heteroatoms. The van der Waals surface area contributed by atoms with Crippen LogP contribution in [0.15, 0.2) is 65.8 Å². The van der Waals surface area contributed by atoms with Gasteiger partial charge in [-0.1, -0.05) is 67.5 Å². The van der Waals surface area contributed by atoms with Crippen LogP contribution in [0.5, 0.6) is 0 Å². The molecule has 0 aromatic heterocycles. The molecule has 3 nitrogen and oxygen atoms in total. The lowest BCUT2D eigenvalue weighted by molar-refractivity contribution is 0.0515. The Bertz CT molecular complexity index is 589. The molecule has 2 rings (SSSR count). The van der Waals surface area contributed by atoms with Gasteiger partial charge in [0, 0.05) is 0 Å². The fraction of sp³-hybridized carbons (Fsp3) is 0.176. The maximum atomic E-state index is 11.9. The molecule has 0 amide bonds. The second-order valence-corrected chi connectivity index (χ2v) is 4.74. The Hall–Kier alpha value is -2.42. The van der Waals surface area contributed by atoms with Crippen molar-refractivity contribution in [3.63, 3.8) is 0 Å². The number of hydrogen-bond donors (Lipinski definition) is 0. The van der Waals surface area contributed by atoms with Crippen molar-refractivity contribution >= 4 is 11.7 Å². The zero-order valence-corrected chi connectivity index (χ0v) is 11.6. The van der Waals surface area contributed by atoms with E-state index >= 15 is 0 Å². The predicted molar refractivity (Wildman–Crippen MR) is 79.7 cm³/mol. The summed E-state index contributed by atoms with van der Waals surface area (Å²) in [6.45, 7) is 4.03. The maximum absolute atomic E-state index is 11.9. The molecular formula is C17H17NO2. The maximum Gasteiger partial charge on any atom is 0.365 e. The molecular weight excluding hydrogens is 250 g/mol. The van der Waals surface area contributed by atoms with Crippen LogP contribution in [0.4, 0.5) is 0 Å². The molecule has 0 unspecified atom stereocenters. The van der Waals surface area contributed by atoms with Crippen molar-refractivity contribution in [2.75, 3.05) is 0 Å². The molecule has 0 N–H and O–H groups in total. The standard InChI is InChI=1S/C17H17NO2/c1-13(2)16(14-9-5-3-6-10-14)18-20-17(19)15-11-7-4-8-12-15/h3-13H,1-2H3/b18-16-. The van der Waals surface area contributed by atoms with E-state index in [4.69, 9.17) is 4.84 Å². The minimum atomic E-state index is -0.445. The molecule has 2 aromatic carbocycles. The number of hydrogen-bond acceptors (Lipinski definition) is 3. The third-order valence-corrected chi connectivity index (χ3v) is 2.85. The topological polar surface area (TPSA) is 38.7 Å². The highest BCUT2D eigenvalue weighted by Gasteiger charge is 2.11. The Kier molecular flexibility index (Phi) is 4.66. The fourth-order valence-electron chi connectivity index (χ4n) is 1.82. The lowest BCUT2D eigenvalue weighted by Crippen LogP contribution is -2.12. The summed E-state index contributed by atoms with van der Waals surface area (Å²) in [5.74, 6) is -0.277. The summed E-state index contributed by atoms with van der Waals surface area (Å²) in [5, 5.41) is 4.04. The molecule has 20 heavy (non-hydrogen) atoms. The van der Waals surface area contributed by atoms with Crippen molar-refractivity contribution in [2.45, 2.75) is 13.8 Å². The lowest BCUT2D eigenvalue weighted by atomic mass is 10.0. The van der Waals surface area contributed by atoms with Gasteiger partial charge in [-0.3, -0.25) is 0 Å². The minimum Gasteiger partial charge on any atom is -0.313 e. The Balaban J connectivity index is 2.17. The molecule has 102 valence electrons.